The number of amides is 1. The smallest absolute Gasteiger partial charge is 0.409 e. The molecule has 0 aliphatic carbocycles. The van der Waals surface area contributed by atoms with Gasteiger partial charge in [0.1, 0.15) is 0 Å². The van der Waals surface area contributed by atoms with Crippen LogP contribution in [0.1, 0.15) is 54.4 Å². The molecule has 0 atom stereocenters. The summed E-state index contributed by atoms with van der Waals surface area (Å²) in [5.74, 6) is 1.92. The zero-order valence-electron chi connectivity index (χ0n) is 13.0. The molecule has 0 aromatic heterocycles. The van der Waals surface area contributed by atoms with Gasteiger partial charge in [0.15, 0.2) is 0 Å². The summed E-state index contributed by atoms with van der Waals surface area (Å²) < 4.78 is 5.23. The van der Waals surface area contributed by atoms with Crippen molar-refractivity contribution >= 4 is 6.09 Å². The second-order valence-electron chi connectivity index (χ2n) is 5.54. The molecule has 3 nitrogen and oxygen atoms in total. The maximum atomic E-state index is 11.7. The van der Waals surface area contributed by atoms with Crippen LogP contribution in [0.5, 0.6) is 0 Å². The van der Waals surface area contributed by atoms with Crippen LogP contribution in [0.4, 0.5) is 4.79 Å². The van der Waals surface area contributed by atoms with Gasteiger partial charge in [0.25, 0.3) is 0 Å². The van der Waals surface area contributed by atoms with E-state index < -0.39 is 0 Å². The van der Waals surface area contributed by atoms with Crippen molar-refractivity contribution in [3.05, 3.63) is 0 Å². The first-order valence-electron chi connectivity index (χ1n) is 7.42. The van der Waals surface area contributed by atoms with Gasteiger partial charge in [-0.3, -0.25) is 0 Å². The van der Waals surface area contributed by atoms with Crippen LogP contribution in [0, 0.1) is 17.8 Å². The Morgan fingerprint density at radius 2 is 1.67 bits per heavy atom. The second-order valence-corrected chi connectivity index (χ2v) is 5.54. The van der Waals surface area contributed by atoms with Crippen LogP contribution >= 0.6 is 0 Å². The predicted octanol–water partition coefficient (Wildman–Crippen LogP) is 4.17. The van der Waals surface area contributed by atoms with Crippen molar-refractivity contribution in [2.24, 2.45) is 17.8 Å². The molecular weight excluding hydrogens is 226 g/mol. The largest absolute Gasteiger partial charge is 0.449 e. The predicted molar refractivity (Wildman–Crippen MR) is 76.7 cm³/mol. The lowest BCUT2D eigenvalue weighted by Gasteiger charge is -2.33. The van der Waals surface area contributed by atoms with E-state index in [0.29, 0.717) is 12.5 Å². The SMILES string of the molecule is CC.CC(C)COC(=O)N1CCC(C(C)C)CC1. The highest BCUT2D eigenvalue weighted by atomic mass is 16.6. The van der Waals surface area contributed by atoms with Gasteiger partial charge in [-0.05, 0) is 30.6 Å². The summed E-state index contributed by atoms with van der Waals surface area (Å²) in [6.45, 7) is 14.9. The lowest BCUT2D eigenvalue weighted by atomic mass is 9.87. The molecule has 1 amide bonds. The molecule has 1 aliphatic rings. The van der Waals surface area contributed by atoms with E-state index in [1.807, 2.05) is 18.7 Å². The Balaban J connectivity index is 0.00000137. The minimum Gasteiger partial charge on any atom is -0.449 e. The molecule has 0 spiro atoms. The Kier molecular flexibility index (Phi) is 8.86. The number of rotatable bonds is 3. The van der Waals surface area contributed by atoms with Crippen molar-refractivity contribution in [2.45, 2.75) is 54.4 Å². The second kappa shape index (κ2) is 9.23. The van der Waals surface area contributed by atoms with Crippen molar-refractivity contribution in [1.29, 1.82) is 0 Å². The molecule has 0 unspecified atom stereocenters. The zero-order valence-corrected chi connectivity index (χ0v) is 13.0. The fourth-order valence-electron chi connectivity index (χ4n) is 2.08. The lowest BCUT2D eigenvalue weighted by molar-refractivity contribution is 0.0747. The van der Waals surface area contributed by atoms with Gasteiger partial charge >= 0.3 is 6.09 Å². The number of hydrogen-bond acceptors (Lipinski definition) is 2. The summed E-state index contributed by atoms with van der Waals surface area (Å²) in [7, 11) is 0. The molecule has 1 aliphatic heterocycles. The van der Waals surface area contributed by atoms with E-state index in [2.05, 4.69) is 27.7 Å². The van der Waals surface area contributed by atoms with Crippen LogP contribution in [0.25, 0.3) is 0 Å². The fraction of sp³-hybridized carbons (Fsp3) is 0.933. The van der Waals surface area contributed by atoms with E-state index >= 15 is 0 Å². The normalized spacial score (nSPS) is 16.6. The maximum absolute atomic E-state index is 11.7. The van der Waals surface area contributed by atoms with Crippen molar-refractivity contribution < 1.29 is 9.53 Å². The van der Waals surface area contributed by atoms with Crippen LogP contribution < -0.4 is 0 Å². The maximum Gasteiger partial charge on any atom is 0.409 e. The van der Waals surface area contributed by atoms with Gasteiger partial charge in [-0.15, -0.1) is 0 Å². The number of piperidine rings is 1. The van der Waals surface area contributed by atoms with Crippen LogP contribution in [-0.2, 0) is 4.74 Å². The van der Waals surface area contributed by atoms with Gasteiger partial charge in [-0.25, -0.2) is 4.79 Å². The molecule has 0 bridgehead atoms. The standard InChI is InChI=1S/C13H25NO2.C2H6/c1-10(2)9-16-13(15)14-7-5-12(6-8-14)11(3)4;1-2/h10-12H,5-9H2,1-4H3;1-2H3. The van der Waals surface area contributed by atoms with Crippen molar-refractivity contribution in [3.8, 4) is 0 Å². The Morgan fingerprint density at radius 3 is 2.06 bits per heavy atom. The van der Waals surface area contributed by atoms with Gasteiger partial charge in [0.05, 0.1) is 6.61 Å². The number of nitrogens with zero attached hydrogens (tertiary/aromatic N) is 1. The van der Waals surface area contributed by atoms with Gasteiger partial charge in [-0.1, -0.05) is 41.5 Å². The highest BCUT2D eigenvalue weighted by Gasteiger charge is 2.25. The van der Waals surface area contributed by atoms with Gasteiger partial charge in [0, 0.05) is 13.1 Å². The number of carbonyl (C=O) groups is 1. The lowest BCUT2D eigenvalue weighted by Crippen LogP contribution is -2.40. The summed E-state index contributed by atoms with van der Waals surface area (Å²) in [4.78, 5) is 13.5. The highest BCUT2D eigenvalue weighted by molar-refractivity contribution is 5.67. The molecule has 0 saturated carbocycles. The van der Waals surface area contributed by atoms with Crippen LogP contribution in [0.15, 0.2) is 0 Å². The van der Waals surface area contributed by atoms with E-state index in [4.69, 9.17) is 4.74 Å². The fourth-order valence-corrected chi connectivity index (χ4v) is 2.08. The van der Waals surface area contributed by atoms with Crippen molar-refractivity contribution in [2.75, 3.05) is 19.7 Å². The summed E-state index contributed by atoms with van der Waals surface area (Å²) >= 11 is 0. The third-order valence-electron chi connectivity index (χ3n) is 3.28. The van der Waals surface area contributed by atoms with Crippen LogP contribution in [-0.4, -0.2) is 30.7 Å². The third kappa shape index (κ3) is 6.27. The molecule has 1 fully saturated rings. The Hall–Kier alpha value is -0.730. The summed E-state index contributed by atoms with van der Waals surface area (Å²) in [5, 5.41) is 0. The average molecular weight is 257 g/mol. The Bertz CT molecular complexity index is 219. The zero-order chi connectivity index (χ0) is 14.1. The molecule has 0 aromatic carbocycles. The minimum absolute atomic E-state index is 0.129. The van der Waals surface area contributed by atoms with Crippen LogP contribution in [0.3, 0.4) is 0 Å². The molecule has 0 aromatic rings. The first-order valence-corrected chi connectivity index (χ1v) is 7.42. The Labute approximate surface area is 113 Å². The topological polar surface area (TPSA) is 29.5 Å². The molecule has 0 N–H and O–H groups in total. The number of ether oxygens (including phenoxy) is 1. The summed E-state index contributed by atoms with van der Waals surface area (Å²) in [5.41, 5.74) is 0. The van der Waals surface area contributed by atoms with E-state index in [1.54, 1.807) is 0 Å². The van der Waals surface area contributed by atoms with E-state index in [1.165, 1.54) is 0 Å². The van der Waals surface area contributed by atoms with Gasteiger partial charge in [-0.2, -0.15) is 0 Å². The summed E-state index contributed by atoms with van der Waals surface area (Å²) in [6, 6.07) is 0. The summed E-state index contributed by atoms with van der Waals surface area (Å²) in [6.07, 6.45) is 2.11. The molecule has 18 heavy (non-hydrogen) atoms. The van der Waals surface area contributed by atoms with E-state index in [9.17, 15) is 4.79 Å². The molecule has 1 saturated heterocycles. The average Bonchev–Trinajstić information content (AvgIpc) is 2.38. The molecular formula is C15H31NO2. The van der Waals surface area contributed by atoms with Crippen LogP contribution in [0.2, 0.25) is 0 Å². The van der Waals surface area contributed by atoms with Gasteiger partial charge < -0.3 is 9.64 Å². The van der Waals surface area contributed by atoms with Crippen molar-refractivity contribution in [1.82, 2.24) is 4.90 Å². The van der Waals surface area contributed by atoms with E-state index in [-0.39, 0.29) is 6.09 Å². The number of carbonyl (C=O) groups excluding carboxylic acids is 1. The highest BCUT2D eigenvalue weighted by Crippen LogP contribution is 2.24. The first kappa shape index (κ1) is 17.3. The first-order chi connectivity index (χ1) is 8.50. The Morgan fingerprint density at radius 1 is 1.17 bits per heavy atom. The number of hydrogen-bond donors (Lipinski definition) is 0. The molecule has 108 valence electrons. The molecule has 0 radical (unpaired) electrons. The molecule has 1 heterocycles. The molecule has 1 rings (SSSR count). The number of likely N-dealkylation sites (tertiary alicyclic amines) is 1. The molecule has 3 heteroatoms. The minimum atomic E-state index is -0.129. The third-order valence-corrected chi connectivity index (χ3v) is 3.28. The van der Waals surface area contributed by atoms with E-state index in [0.717, 1.165) is 37.8 Å². The monoisotopic (exact) mass is 257 g/mol. The van der Waals surface area contributed by atoms with Gasteiger partial charge in [0.2, 0.25) is 0 Å². The van der Waals surface area contributed by atoms with Crippen molar-refractivity contribution in [3.63, 3.8) is 0 Å². The quantitative estimate of drug-likeness (QED) is 0.759.